The van der Waals surface area contributed by atoms with Gasteiger partial charge in [-0.3, -0.25) is 0 Å². The molecule has 6 heteroatoms. The standard InChI is InChI=1S/C11H15N5O/c1-2-3-8(6-12)11-15-10(16-17-11)9-4-5-13-7-14-9/h4-5,7-8H,2-3,6,12H2,1H3. The molecular weight excluding hydrogens is 218 g/mol. The van der Waals surface area contributed by atoms with Gasteiger partial charge in [-0.2, -0.15) is 4.98 Å². The maximum absolute atomic E-state index is 5.69. The van der Waals surface area contributed by atoms with Crippen LogP contribution < -0.4 is 5.73 Å². The van der Waals surface area contributed by atoms with Crippen LogP contribution in [0.2, 0.25) is 0 Å². The lowest BCUT2D eigenvalue weighted by molar-refractivity contribution is 0.347. The van der Waals surface area contributed by atoms with Gasteiger partial charge in [-0.05, 0) is 12.5 Å². The first-order valence-corrected chi connectivity index (χ1v) is 5.65. The summed E-state index contributed by atoms with van der Waals surface area (Å²) in [5.74, 6) is 1.20. The molecule has 0 aromatic carbocycles. The third kappa shape index (κ3) is 2.65. The SMILES string of the molecule is CCCC(CN)c1nc(-c2ccncn2)no1. The molecule has 2 aromatic heterocycles. The van der Waals surface area contributed by atoms with Gasteiger partial charge in [0.25, 0.3) is 0 Å². The molecule has 0 aliphatic carbocycles. The van der Waals surface area contributed by atoms with Gasteiger partial charge in [-0.15, -0.1) is 0 Å². The highest BCUT2D eigenvalue weighted by Crippen LogP contribution is 2.20. The second-order valence-electron chi connectivity index (χ2n) is 3.77. The van der Waals surface area contributed by atoms with Crippen LogP contribution in [0.1, 0.15) is 31.6 Å². The van der Waals surface area contributed by atoms with E-state index >= 15 is 0 Å². The average Bonchev–Trinajstić information content (AvgIpc) is 2.86. The number of hydrogen-bond acceptors (Lipinski definition) is 6. The molecule has 0 bridgehead atoms. The van der Waals surface area contributed by atoms with Gasteiger partial charge in [-0.1, -0.05) is 18.5 Å². The largest absolute Gasteiger partial charge is 0.339 e. The summed E-state index contributed by atoms with van der Waals surface area (Å²) in [4.78, 5) is 12.2. The quantitative estimate of drug-likeness (QED) is 0.838. The minimum Gasteiger partial charge on any atom is -0.339 e. The topological polar surface area (TPSA) is 90.7 Å². The highest BCUT2D eigenvalue weighted by atomic mass is 16.5. The Labute approximate surface area is 99.3 Å². The summed E-state index contributed by atoms with van der Waals surface area (Å²) in [6.45, 7) is 2.61. The average molecular weight is 233 g/mol. The van der Waals surface area contributed by atoms with Gasteiger partial charge in [0.1, 0.15) is 12.0 Å². The van der Waals surface area contributed by atoms with E-state index in [1.807, 2.05) is 0 Å². The maximum atomic E-state index is 5.69. The Kier molecular flexibility index (Phi) is 3.77. The molecule has 0 amide bonds. The van der Waals surface area contributed by atoms with Crippen LogP contribution in [0.3, 0.4) is 0 Å². The Morgan fingerprint density at radius 3 is 3.00 bits per heavy atom. The lowest BCUT2D eigenvalue weighted by Crippen LogP contribution is -2.12. The first-order valence-electron chi connectivity index (χ1n) is 5.65. The van der Waals surface area contributed by atoms with E-state index in [-0.39, 0.29) is 5.92 Å². The Morgan fingerprint density at radius 2 is 2.35 bits per heavy atom. The van der Waals surface area contributed by atoms with Crippen molar-refractivity contribution < 1.29 is 4.52 Å². The molecule has 0 spiro atoms. The molecule has 90 valence electrons. The van der Waals surface area contributed by atoms with E-state index in [9.17, 15) is 0 Å². The summed E-state index contributed by atoms with van der Waals surface area (Å²) in [7, 11) is 0. The molecule has 0 aliphatic heterocycles. The summed E-state index contributed by atoms with van der Waals surface area (Å²) < 4.78 is 5.22. The highest BCUT2D eigenvalue weighted by molar-refractivity contribution is 5.46. The fraction of sp³-hybridized carbons (Fsp3) is 0.455. The number of nitrogens with two attached hydrogens (primary N) is 1. The second kappa shape index (κ2) is 5.49. The zero-order chi connectivity index (χ0) is 12.1. The molecule has 0 aliphatic rings. The minimum atomic E-state index is 0.128. The van der Waals surface area contributed by atoms with Crippen molar-refractivity contribution in [1.29, 1.82) is 0 Å². The normalized spacial score (nSPS) is 12.6. The summed E-state index contributed by atoms with van der Waals surface area (Å²) in [6.07, 6.45) is 5.08. The van der Waals surface area contributed by atoms with Crippen LogP contribution in [0.5, 0.6) is 0 Å². The van der Waals surface area contributed by atoms with Gasteiger partial charge in [0.05, 0.1) is 5.92 Å². The van der Waals surface area contributed by atoms with Crippen LogP contribution in [0, 0.1) is 0 Å². The Morgan fingerprint density at radius 1 is 1.47 bits per heavy atom. The third-order valence-electron chi connectivity index (χ3n) is 2.52. The number of nitrogens with zero attached hydrogens (tertiary/aromatic N) is 4. The van der Waals surface area contributed by atoms with Gasteiger partial charge < -0.3 is 10.3 Å². The van der Waals surface area contributed by atoms with Gasteiger partial charge in [-0.25, -0.2) is 9.97 Å². The molecule has 2 aromatic rings. The number of rotatable bonds is 5. The molecule has 2 N–H and O–H groups in total. The smallest absolute Gasteiger partial charge is 0.231 e. The molecule has 0 saturated carbocycles. The van der Waals surface area contributed by atoms with Gasteiger partial charge in [0.2, 0.25) is 11.7 Å². The summed E-state index contributed by atoms with van der Waals surface area (Å²) in [6, 6.07) is 1.74. The Hall–Kier alpha value is -1.82. The molecule has 6 nitrogen and oxygen atoms in total. The second-order valence-corrected chi connectivity index (χ2v) is 3.77. The fourth-order valence-electron chi connectivity index (χ4n) is 1.62. The molecule has 0 radical (unpaired) electrons. The number of hydrogen-bond donors (Lipinski definition) is 1. The van der Waals surface area contributed by atoms with Crippen LogP contribution in [0.15, 0.2) is 23.1 Å². The molecule has 0 saturated heterocycles. The van der Waals surface area contributed by atoms with E-state index in [1.165, 1.54) is 6.33 Å². The predicted molar refractivity (Wildman–Crippen MR) is 62.0 cm³/mol. The van der Waals surface area contributed by atoms with Crippen molar-refractivity contribution in [3.8, 4) is 11.5 Å². The third-order valence-corrected chi connectivity index (χ3v) is 2.52. The molecule has 17 heavy (non-hydrogen) atoms. The Bertz CT molecular complexity index is 456. The van der Waals surface area contributed by atoms with Gasteiger partial charge in [0.15, 0.2) is 0 Å². The van der Waals surface area contributed by atoms with Crippen molar-refractivity contribution in [2.75, 3.05) is 6.54 Å². The Balaban J connectivity index is 2.21. The molecule has 1 atom stereocenters. The van der Waals surface area contributed by atoms with Crippen LogP contribution >= 0.6 is 0 Å². The van der Waals surface area contributed by atoms with E-state index in [0.717, 1.165) is 12.8 Å². The van der Waals surface area contributed by atoms with Crippen molar-refractivity contribution in [3.05, 3.63) is 24.5 Å². The minimum absolute atomic E-state index is 0.128. The van der Waals surface area contributed by atoms with E-state index < -0.39 is 0 Å². The van der Waals surface area contributed by atoms with E-state index in [1.54, 1.807) is 12.3 Å². The lowest BCUT2D eigenvalue weighted by Gasteiger charge is -2.06. The van der Waals surface area contributed by atoms with Crippen LogP contribution in [-0.2, 0) is 0 Å². The van der Waals surface area contributed by atoms with Gasteiger partial charge >= 0.3 is 0 Å². The first kappa shape index (κ1) is 11.7. The van der Waals surface area contributed by atoms with Crippen molar-refractivity contribution in [2.24, 2.45) is 5.73 Å². The highest BCUT2D eigenvalue weighted by Gasteiger charge is 2.17. The first-order chi connectivity index (χ1) is 8.35. The van der Waals surface area contributed by atoms with Crippen molar-refractivity contribution >= 4 is 0 Å². The monoisotopic (exact) mass is 233 g/mol. The van der Waals surface area contributed by atoms with Crippen LogP contribution in [0.25, 0.3) is 11.5 Å². The molecule has 2 rings (SSSR count). The number of aromatic nitrogens is 4. The van der Waals surface area contributed by atoms with E-state index in [2.05, 4.69) is 27.0 Å². The van der Waals surface area contributed by atoms with E-state index in [0.29, 0.717) is 24.0 Å². The zero-order valence-corrected chi connectivity index (χ0v) is 9.71. The molecule has 0 fully saturated rings. The van der Waals surface area contributed by atoms with E-state index in [4.69, 9.17) is 10.3 Å². The molecule has 2 heterocycles. The molecular formula is C11H15N5O. The summed E-state index contributed by atoms with van der Waals surface area (Å²) in [5.41, 5.74) is 6.34. The lowest BCUT2D eigenvalue weighted by atomic mass is 10.0. The van der Waals surface area contributed by atoms with Crippen LogP contribution in [0.4, 0.5) is 0 Å². The van der Waals surface area contributed by atoms with Crippen molar-refractivity contribution in [2.45, 2.75) is 25.7 Å². The predicted octanol–water partition coefficient (Wildman–Crippen LogP) is 1.37. The van der Waals surface area contributed by atoms with Crippen molar-refractivity contribution in [1.82, 2.24) is 20.1 Å². The van der Waals surface area contributed by atoms with Gasteiger partial charge in [0, 0.05) is 12.7 Å². The summed E-state index contributed by atoms with van der Waals surface area (Å²) >= 11 is 0. The zero-order valence-electron chi connectivity index (χ0n) is 9.71. The van der Waals surface area contributed by atoms with Crippen LogP contribution in [-0.4, -0.2) is 26.7 Å². The fourth-order valence-corrected chi connectivity index (χ4v) is 1.62. The molecule has 1 unspecified atom stereocenters. The summed E-state index contributed by atoms with van der Waals surface area (Å²) in [5, 5.41) is 3.91. The van der Waals surface area contributed by atoms with Crippen molar-refractivity contribution in [3.63, 3.8) is 0 Å². The maximum Gasteiger partial charge on any atom is 0.231 e.